The number of hydrogen-bond donors (Lipinski definition) is 0. The molecule has 0 radical (unpaired) electrons. The minimum atomic E-state index is 0.558. The molecule has 0 saturated heterocycles. The van der Waals surface area contributed by atoms with Crippen LogP contribution < -0.4 is 0 Å². The second kappa shape index (κ2) is 4.72. The monoisotopic (exact) mass is 159 g/mol. The summed E-state index contributed by atoms with van der Waals surface area (Å²) in [5.74, 6) is 0.558. The molecule has 0 aliphatic rings. The number of aliphatic imine (C=N–C) groups is 1. The Morgan fingerprint density at radius 1 is 1.67 bits per heavy atom. The quantitative estimate of drug-likeness (QED) is 0.436. The summed E-state index contributed by atoms with van der Waals surface area (Å²) >= 11 is 2.49. The Morgan fingerprint density at radius 2 is 2.22 bits per heavy atom. The Morgan fingerprint density at radius 3 is 2.56 bits per heavy atom. The zero-order valence-electron chi connectivity index (χ0n) is 5.70. The van der Waals surface area contributed by atoms with Crippen LogP contribution >= 0.6 is 0 Å². The van der Waals surface area contributed by atoms with Gasteiger partial charge in [-0.1, -0.05) is 0 Å². The molecule has 0 rings (SSSR count). The van der Waals surface area contributed by atoms with Crippen LogP contribution in [0.4, 0.5) is 0 Å². The fourth-order valence-electron chi connectivity index (χ4n) is 0.312. The van der Waals surface area contributed by atoms with Crippen molar-refractivity contribution in [1.82, 2.24) is 0 Å². The van der Waals surface area contributed by atoms with Gasteiger partial charge in [0.25, 0.3) is 0 Å². The average Bonchev–Trinajstić information content (AvgIpc) is 1.82. The molecule has 1 nitrogen and oxygen atoms in total. The zero-order valence-corrected chi connectivity index (χ0v) is 7.10. The van der Waals surface area contributed by atoms with Gasteiger partial charge < -0.3 is 0 Å². The third-order valence-electron chi connectivity index (χ3n) is 0.923. The summed E-state index contributed by atoms with van der Waals surface area (Å²) < 4.78 is 1.23. The Hall–Kier alpha value is -0.136. The van der Waals surface area contributed by atoms with Gasteiger partial charge in [0.2, 0.25) is 0 Å². The first kappa shape index (κ1) is 8.86. The molecule has 0 aromatic heterocycles. The average molecular weight is 159 g/mol. The van der Waals surface area contributed by atoms with Crippen molar-refractivity contribution < 1.29 is 17.0 Å². The standard InChI is InChI=1S/C7H10N.V/c1-7(2)5-4-6-8-3;/h3-4,6-7H,1-2H3;/q-1;/b6-4-;. The molecule has 0 bridgehead atoms. The van der Waals surface area contributed by atoms with Crippen molar-refractivity contribution in [3.63, 3.8) is 0 Å². The van der Waals surface area contributed by atoms with Gasteiger partial charge in [0.1, 0.15) is 0 Å². The molecular weight excluding hydrogens is 149 g/mol. The van der Waals surface area contributed by atoms with E-state index < -0.39 is 0 Å². The van der Waals surface area contributed by atoms with Crippen LogP contribution in [0.5, 0.6) is 0 Å². The van der Waals surface area contributed by atoms with E-state index in [1.807, 2.05) is 6.08 Å². The van der Waals surface area contributed by atoms with Crippen LogP contribution in [0.15, 0.2) is 17.3 Å². The molecule has 0 fully saturated rings. The molecule has 0 heterocycles. The number of allylic oxidation sites excluding steroid dienone is 1. The molecule has 0 unspecified atom stereocenters. The first-order valence-electron chi connectivity index (χ1n) is 2.81. The SMILES string of the molecule is [CH-]=N/C=C\[C](=[V])C(C)C. The second-order valence-corrected chi connectivity index (χ2v) is 2.85. The molecule has 2 heteroatoms. The van der Waals surface area contributed by atoms with Gasteiger partial charge in [-0.05, 0) is 0 Å². The van der Waals surface area contributed by atoms with Crippen molar-refractivity contribution in [3.8, 4) is 0 Å². The molecule has 0 N–H and O–H groups in total. The van der Waals surface area contributed by atoms with Gasteiger partial charge in [0.15, 0.2) is 0 Å². The third-order valence-corrected chi connectivity index (χ3v) is 1.96. The van der Waals surface area contributed by atoms with Crippen molar-refractivity contribution in [2.45, 2.75) is 13.8 Å². The molecule has 0 spiro atoms. The number of rotatable bonds is 3. The maximum atomic E-state index is 4.89. The van der Waals surface area contributed by atoms with E-state index in [9.17, 15) is 0 Å². The van der Waals surface area contributed by atoms with Gasteiger partial charge in [0.05, 0.1) is 0 Å². The van der Waals surface area contributed by atoms with Crippen molar-refractivity contribution >= 4 is 10.9 Å². The summed E-state index contributed by atoms with van der Waals surface area (Å²) in [6.07, 6.45) is 3.48. The first-order valence-corrected chi connectivity index (χ1v) is 3.50. The summed E-state index contributed by atoms with van der Waals surface area (Å²) in [5.41, 5.74) is 0. The van der Waals surface area contributed by atoms with Crippen molar-refractivity contribution in [2.24, 2.45) is 10.9 Å². The molecule has 0 saturated carbocycles. The fourth-order valence-corrected chi connectivity index (χ4v) is 0.416. The van der Waals surface area contributed by atoms with Crippen LogP contribution in [0.1, 0.15) is 13.8 Å². The van der Waals surface area contributed by atoms with Crippen LogP contribution in [0.3, 0.4) is 0 Å². The molecule has 9 heavy (non-hydrogen) atoms. The van der Waals surface area contributed by atoms with E-state index in [2.05, 4.69) is 35.8 Å². The Bertz CT molecular complexity index is 136. The zero-order chi connectivity index (χ0) is 7.28. The van der Waals surface area contributed by atoms with Gasteiger partial charge in [-0.2, -0.15) is 0 Å². The molecule has 49 valence electrons. The maximum absolute atomic E-state index is 4.89. The summed E-state index contributed by atoms with van der Waals surface area (Å²) in [4.78, 5) is 3.35. The van der Waals surface area contributed by atoms with E-state index in [0.717, 1.165) is 0 Å². The van der Waals surface area contributed by atoms with E-state index in [1.54, 1.807) is 6.20 Å². The van der Waals surface area contributed by atoms with Crippen LogP contribution in [0.2, 0.25) is 0 Å². The fraction of sp³-hybridized carbons (Fsp3) is 0.429. The van der Waals surface area contributed by atoms with Gasteiger partial charge in [-0.25, -0.2) is 0 Å². The van der Waals surface area contributed by atoms with Gasteiger partial charge in [-0.3, -0.25) is 0 Å². The van der Waals surface area contributed by atoms with E-state index in [0.29, 0.717) is 5.92 Å². The molecule has 0 aliphatic carbocycles. The predicted octanol–water partition coefficient (Wildman–Crippen LogP) is 1.45. The molecular formula is C7H10NV-. The van der Waals surface area contributed by atoms with Gasteiger partial charge in [0, 0.05) is 0 Å². The molecule has 0 aliphatic heterocycles. The van der Waals surface area contributed by atoms with Crippen molar-refractivity contribution in [1.29, 1.82) is 0 Å². The summed E-state index contributed by atoms with van der Waals surface area (Å²) in [6.45, 7) is 9.13. The van der Waals surface area contributed by atoms with Gasteiger partial charge >= 0.3 is 65.0 Å². The van der Waals surface area contributed by atoms with Crippen LogP contribution in [-0.2, 0) is 17.0 Å². The van der Waals surface area contributed by atoms with E-state index in [4.69, 9.17) is 6.72 Å². The Labute approximate surface area is 65.4 Å². The summed E-state index contributed by atoms with van der Waals surface area (Å²) in [7, 11) is 0. The Balaban J connectivity index is 3.76. The number of hydrogen-bond acceptors (Lipinski definition) is 1. The summed E-state index contributed by atoms with van der Waals surface area (Å²) in [5, 5.41) is 0. The third kappa shape index (κ3) is 4.37. The van der Waals surface area contributed by atoms with E-state index in [1.165, 1.54) is 4.23 Å². The minimum absolute atomic E-state index is 0.558. The molecule has 0 aromatic carbocycles. The first-order chi connectivity index (χ1) is 4.18. The normalized spacial score (nSPS) is 10.4. The predicted molar refractivity (Wildman–Crippen MR) is 37.5 cm³/mol. The van der Waals surface area contributed by atoms with Gasteiger partial charge in [-0.15, -0.1) is 0 Å². The Kier molecular flexibility index (Phi) is 4.64. The van der Waals surface area contributed by atoms with Crippen LogP contribution in [0, 0.1) is 5.92 Å². The van der Waals surface area contributed by atoms with Crippen LogP contribution in [-0.4, -0.2) is 10.9 Å². The molecule has 0 amide bonds. The van der Waals surface area contributed by atoms with E-state index >= 15 is 0 Å². The topological polar surface area (TPSA) is 12.4 Å². The second-order valence-electron chi connectivity index (χ2n) is 2.04. The summed E-state index contributed by atoms with van der Waals surface area (Å²) in [6, 6.07) is 0. The van der Waals surface area contributed by atoms with E-state index in [-0.39, 0.29) is 0 Å². The van der Waals surface area contributed by atoms with Crippen molar-refractivity contribution in [3.05, 3.63) is 12.3 Å². The molecule has 0 atom stereocenters. The molecule has 0 aromatic rings. The van der Waals surface area contributed by atoms with Crippen molar-refractivity contribution in [2.75, 3.05) is 0 Å². The van der Waals surface area contributed by atoms with Crippen LogP contribution in [0.25, 0.3) is 0 Å². The number of nitrogens with zero attached hydrogens (tertiary/aromatic N) is 1.